The molecule has 1 aromatic carbocycles. The van der Waals surface area contributed by atoms with E-state index in [4.69, 9.17) is 4.74 Å². The first-order valence-corrected chi connectivity index (χ1v) is 9.59. The smallest absolute Gasteiger partial charge is 0.273 e. The number of carbonyl (C=O) groups is 2. The summed E-state index contributed by atoms with van der Waals surface area (Å²) in [5, 5.41) is 10.8. The lowest BCUT2D eigenvalue weighted by Crippen LogP contribution is -2.40. The highest BCUT2D eigenvalue weighted by Crippen LogP contribution is 2.22. The molecule has 28 heavy (non-hydrogen) atoms. The van der Waals surface area contributed by atoms with Crippen molar-refractivity contribution in [2.24, 2.45) is 0 Å². The third kappa shape index (κ3) is 5.16. The Hall–Kier alpha value is -2.74. The molecular formula is C20H27N5O3. The number of aryl methyl sites for hydroxylation is 1. The Balaban J connectivity index is 1.50. The van der Waals surface area contributed by atoms with Crippen LogP contribution in [0.3, 0.4) is 0 Å². The predicted octanol–water partition coefficient (Wildman–Crippen LogP) is 1.37. The van der Waals surface area contributed by atoms with Crippen molar-refractivity contribution >= 4 is 11.8 Å². The molecular weight excluding hydrogens is 358 g/mol. The second kappa shape index (κ2) is 9.45. The number of likely N-dealkylation sites (tertiary alicyclic amines) is 1. The zero-order valence-electron chi connectivity index (χ0n) is 16.4. The number of benzene rings is 1. The van der Waals surface area contributed by atoms with Gasteiger partial charge in [-0.05, 0) is 25.3 Å². The van der Waals surface area contributed by atoms with Crippen molar-refractivity contribution in [1.29, 1.82) is 0 Å². The summed E-state index contributed by atoms with van der Waals surface area (Å²) in [5.74, 6) is -0.102. The second-order valence-electron chi connectivity index (χ2n) is 7.11. The van der Waals surface area contributed by atoms with Gasteiger partial charge in [0.05, 0.1) is 25.3 Å². The lowest BCUT2D eigenvalue weighted by molar-refractivity contribution is -0.131. The van der Waals surface area contributed by atoms with Crippen LogP contribution in [0.2, 0.25) is 0 Å². The molecule has 2 heterocycles. The molecule has 1 fully saturated rings. The molecule has 0 saturated carbocycles. The van der Waals surface area contributed by atoms with Gasteiger partial charge in [0.15, 0.2) is 5.69 Å². The number of piperidine rings is 1. The molecule has 0 bridgehead atoms. The highest BCUT2D eigenvalue weighted by Gasteiger charge is 2.25. The maximum Gasteiger partial charge on any atom is 0.273 e. The van der Waals surface area contributed by atoms with Crippen LogP contribution in [0.5, 0.6) is 0 Å². The van der Waals surface area contributed by atoms with E-state index in [1.807, 2.05) is 30.0 Å². The molecule has 0 radical (unpaired) electrons. The summed E-state index contributed by atoms with van der Waals surface area (Å²) in [6.45, 7) is 4.29. The molecule has 0 aliphatic carbocycles. The third-order valence-corrected chi connectivity index (χ3v) is 4.96. The molecule has 8 nitrogen and oxygen atoms in total. The van der Waals surface area contributed by atoms with Gasteiger partial charge < -0.3 is 15.0 Å². The molecule has 0 spiro atoms. The van der Waals surface area contributed by atoms with Crippen molar-refractivity contribution in [2.45, 2.75) is 32.2 Å². The fourth-order valence-corrected chi connectivity index (χ4v) is 3.40. The van der Waals surface area contributed by atoms with E-state index < -0.39 is 0 Å². The van der Waals surface area contributed by atoms with Crippen LogP contribution < -0.4 is 5.32 Å². The first kappa shape index (κ1) is 20.0. The van der Waals surface area contributed by atoms with Crippen molar-refractivity contribution < 1.29 is 14.3 Å². The van der Waals surface area contributed by atoms with Crippen molar-refractivity contribution in [3.05, 3.63) is 47.3 Å². The number of nitrogens with zero attached hydrogens (tertiary/aromatic N) is 4. The average Bonchev–Trinajstić information content (AvgIpc) is 3.18. The summed E-state index contributed by atoms with van der Waals surface area (Å²) < 4.78 is 6.66. The first-order valence-electron chi connectivity index (χ1n) is 9.59. The number of carbonyl (C=O) groups excluding carboxylic acids is 2. The van der Waals surface area contributed by atoms with Gasteiger partial charge in [0.2, 0.25) is 5.91 Å². The van der Waals surface area contributed by atoms with Gasteiger partial charge in [0.25, 0.3) is 5.91 Å². The summed E-state index contributed by atoms with van der Waals surface area (Å²) in [7, 11) is 1.58. The normalized spacial score (nSPS) is 14.9. The Labute approximate surface area is 164 Å². The van der Waals surface area contributed by atoms with Crippen LogP contribution in [-0.4, -0.2) is 65.1 Å². The molecule has 1 N–H and O–H groups in total. The van der Waals surface area contributed by atoms with E-state index >= 15 is 0 Å². The van der Waals surface area contributed by atoms with Crippen molar-refractivity contribution in [2.75, 3.05) is 33.4 Å². The van der Waals surface area contributed by atoms with E-state index in [0.29, 0.717) is 38.4 Å². The van der Waals surface area contributed by atoms with Crippen LogP contribution in [0.4, 0.5) is 0 Å². The number of hydrogen-bond acceptors (Lipinski definition) is 5. The monoisotopic (exact) mass is 385 g/mol. The van der Waals surface area contributed by atoms with Crippen molar-refractivity contribution in [3.8, 4) is 0 Å². The average molecular weight is 385 g/mol. The second-order valence-corrected chi connectivity index (χ2v) is 7.11. The largest absolute Gasteiger partial charge is 0.383 e. The van der Waals surface area contributed by atoms with E-state index in [1.165, 1.54) is 0 Å². The highest BCUT2D eigenvalue weighted by atomic mass is 16.5. The Kier molecular flexibility index (Phi) is 6.76. The molecule has 1 aliphatic heterocycles. The number of hydrogen-bond donors (Lipinski definition) is 1. The Bertz CT molecular complexity index is 812. The van der Waals surface area contributed by atoms with E-state index in [1.54, 1.807) is 18.0 Å². The minimum Gasteiger partial charge on any atom is -0.383 e. The van der Waals surface area contributed by atoms with Gasteiger partial charge in [-0.3, -0.25) is 9.59 Å². The van der Waals surface area contributed by atoms with Crippen LogP contribution in [0.1, 0.15) is 40.5 Å². The summed E-state index contributed by atoms with van der Waals surface area (Å²) in [6.07, 6.45) is 3.71. The fraction of sp³-hybridized carbons (Fsp3) is 0.500. The van der Waals surface area contributed by atoms with Crippen LogP contribution in [0.15, 0.2) is 30.5 Å². The summed E-state index contributed by atoms with van der Waals surface area (Å²) in [4.78, 5) is 26.5. The molecule has 0 unspecified atom stereocenters. The summed E-state index contributed by atoms with van der Waals surface area (Å²) in [5.41, 5.74) is 2.51. The molecule has 8 heteroatoms. The molecule has 1 aromatic heterocycles. The van der Waals surface area contributed by atoms with Gasteiger partial charge in [-0.25, -0.2) is 4.68 Å². The number of amides is 2. The zero-order valence-corrected chi connectivity index (χ0v) is 16.4. The molecule has 1 saturated heterocycles. The van der Waals surface area contributed by atoms with Crippen molar-refractivity contribution in [1.82, 2.24) is 25.2 Å². The highest BCUT2D eigenvalue weighted by molar-refractivity contribution is 5.91. The minimum absolute atomic E-state index is 0.149. The van der Waals surface area contributed by atoms with Crippen LogP contribution in [0, 0.1) is 6.92 Å². The molecule has 2 amide bonds. The number of aromatic nitrogens is 3. The molecule has 0 atom stereocenters. The molecule has 2 aromatic rings. The van der Waals surface area contributed by atoms with Crippen molar-refractivity contribution in [3.63, 3.8) is 0 Å². The van der Waals surface area contributed by atoms with Crippen LogP contribution >= 0.6 is 0 Å². The van der Waals surface area contributed by atoms with Gasteiger partial charge in [-0.2, -0.15) is 0 Å². The summed E-state index contributed by atoms with van der Waals surface area (Å²) >= 11 is 0. The van der Waals surface area contributed by atoms with Gasteiger partial charge in [0, 0.05) is 26.7 Å². The van der Waals surface area contributed by atoms with Gasteiger partial charge in [-0.1, -0.05) is 35.0 Å². The zero-order chi connectivity index (χ0) is 19.9. The molecule has 1 aliphatic rings. The lowest BCUT2D eigenvalue weighted by atomic mass is 10.0. The number of methoxy groups -OCH3 is 1. The van der Waals surface area contributed by atoms with Crippen LogP contribution in [-0.2, 0) is 16.0 Å². The minimum atomic E-state index is -0.255. The lowest BCUT2D eigenvalue weighted by Gasteiger charge is -2.32. The number of nitrogens with one attached hydrogen (secondary N) is 1. The quantitative estimate of drug-likeness (QED) is 0.727. The maximum atomic E-state index is 12.6. The van der Waals surface area contributed by atoms with Crippen LogP contribution in [0.25, 0.3) is 0 Å². The maximum absolute atomic E-state index is 12.6. The van der Waals surface area contributed by atoms with Gasteiger partial charge >= 0.3 is 0 Å². The van der Waals surface area contributed by atoms with E-state index in [0.717, 1.165) is 24.0 Å². The molecule has 150 valence electrons. The fourth-order valence-electron chi connectivity index (χ4n) is 3.40. The van der Waals surface area contributed by atoms with E-state index in [-0.39, 0.29) is 17.9 Å². The number of rotatable bonds is 7. The number of ether oxygens (including phenoxy) is 1. The molecule has 3 rings (SSSR count). The Morgan fingerprint density at radius 1 is 1.29 bits per heavy atom. The standard InChI is InChI=1S/C20H27N5O3/c1-15-4-3-5-16(12-15)13-19(26)24-9-6-17(7-10-24)25-14-18(22-23-25)20(27)21-8-11-28-2/h3-5,12,14,17H,6-11,13H2,1-2H3,(H,21,27). The van der Waals surface area contributed by atoms with E-state index in [9.17, 15) is 9.59 Å². The topological polar surface area (TPSA) is 89.4 Å². The Morgan fingerprint density at radius 2 is 2.07 bits per heavy atom. The SMILES string of the molecule is COCCNC(=O)c1cn(C2CCN(C(=O)Cc3cccc(C)c3)CC2)nn1. The van der Waals surface area contributed by atoms with E-state index in [2.05, 4.69) is 21.7 Å². The predicted molar refractivity (Wildman–Crippen MR) is 104 cm³/mol. The van der Waals surface area contributed by atoms with Gasteiger partial charge in [0.1, 0.15) is 0 Å². The van der Waals surface area contributed by atoms with Gasteiger partial charge in [-0.15, -0.1) is 5.10 Å². The summed E-state index contributed by atoms with van der Waals surface area (Å²) in [6, 6.07) is 8.21. The third-order valence-electron chi connectivity index (χ3n) is 4.96. The Morgan fingerprint density at radius 3 is 2.79 bits per heavy atom. The first-order chi connectivity index (χ1) is 13.6.